The summed E-state index contributed by atoms with van der Waals surface area (Å²) in [6, 6.07) is 3.02. The average Bonchev–Trinajstić information content (AvgIpc) is 2.35. The second kappa shape index (κ2) is 5.44. The van der Waals surface area contributed by atoms with Crippen molar-refractivity contribution in [2.24, 2.45) is 0 Å². The first-order chi connectivity index (χ1) is 8.88. The highest BCUT2D eigenvalue weighted by atomic mass is 32.2. The molecule has 0 unspecified atom stereocenters. The smallest absolute Gasteiger partial charge is 0.242 e. The fourth-order valence-corrected chi connectivity index (χ4v) is 3.67. The van der Waals surface area contributed by atoms with E-state index in [0.717, 1.165) is 12.1 Å². The minimum absolute atomic E-state index is 0.0183. The third-order valence-corrected chi connectivity index (χ3v) is 4.86. The number of aliphatic hydroxyl groups is 1. The summed E-state index contributed by atoms with van der Waals surface area (Å²) in [4.78, 5) is -0.237. The highest BCUT2D eigenvalue weighted by molar-refractivity contribution is 7.89. The quantitative estimate of drug-likeness (QED) is 0.723. The number of nitrogens with two attached hydrogens (primary N) is 1. The van der Waals surface area contributed by atoms with Crippen molar-refractivity contribution in [2.45, 2.75) is 42.7 Å². The molecule has 4 N–H and O–H groups in total. The maximum absolute atomic E-state index is 13.1. The summed E-state index contributed by atoms with van der Waals surface area (Å²) in [7, 11) is -3.83. The predicted octanol–water partition coefficient (Wildman–Crippen LogP) is 0.990. The molecule has 0 amide bonds. The van der Waals surface area contributed by atoms with Crippen LogP contribution in [-0.4, -0.2) is 25.7 Å². The van der Waals surface area contributed by atoms with Crippen LogP contribution in [0.2, 0.25) is 0 Å². The standard InChI is InChI=1S/C12H17FN2O3S/c13-8-1-6-11(14)12(7-8)19(17,18)15-9-2-4-10(16)5-3-9/h1,6-7,9-10,15-16H,2-5,14H2. The summed E-state index contributed by atoms with van der Waals surface area (Å²) >= 11 is 0. The average molecular weight is 288 g/mol. The molecule has 0 atom stereocenters. The van der Waals surface area contributed by atoms with E-state index < -0.39 is 15.8 Å². The Morgan fingerprint density at radius 2 is 1.89 bits per heavy atom. The van der Waals surface area contributed by atoms with Gasteiger partial charge in [-0.15, -0.1) is 0 Å². The van der Waals surface area contributed by atoms with Gasteiger partial charge in [0.15, 0.2) is 0 Å². The summed E-state index contributed by atoms with van der Waals surface area (Å²) in [6.07, 6.45) is 1.89. The van der Waals surface area contributed by atoms with E-state index in [1.165, 1.54) is 6.07 Å². The first-order valence-electron chi connectivity index (χ1n) is 6.14. The molecule has 1 aromatic carbocycles. The van der Waals surface area contributed by atoms with Crippen LogP contribution in [0.1, 0.15) is 25.7 Å². The van der Waals surface area contributed by atoms with E-state index in [-0.39, 0.29) is 22.7 Å². The van der Waals surface area contributed by atoms with Crippen molar-refractivity contribution in [3.05, 3.63) is 24.0 Å². The Bertz CT molecular complexity index is 554. The normalized spacial score (nSPS) is 24.3. The molecule has 106 valence electrons. The van der Waals surface area contributed by atoms with Gasteiger partial charge in [0.1, 0.15) is 10.7 Å². The Hall–Kier alpha value is -1.18. The van der Waals surface area contributed by atoms with Crippen LogP contribution < -0.4 is 10.5 Å². The number of benzene rings is 1. The van der Waals surface area contributed by atoms with E-state index in [9.17, 15) is 17.9 Å². The van der Waals surface area contributed by atoms with E-state index >= 15 is 0 Å². The summed E-state index contributed by atoms with van der Waals surface area (Å²) in [5.74, 6) is -0.645. The third-order valence-electron chi connectivity index (χ3n) is 3.28. The van der Waals surface area contributed by atoms with Gasteiger partial charge in [0.05, 0.1) is 11.8 Å². The second-order valence-corrected chi connectivity index (χ2v) is 6.49. The van der Waals surface area contributed by atoms with Crippen molar-refractivity contribution in [1.82, 2.24) is 4.72 Å². The van der Waals surface area contributed by atoms with Gasteiger partial charge in [-0.25, -0.2) is 17.5 Å². The van der Waals surface area contributed by atoms with Gasteiger partial charge in [0.2, 0.25) is 10.0 Å². The number of sulfonamides is 1. The zero-order valence-corrected chi connectivity index (χ0v) is 11.2. The topological polar surface area (TPSA) is 92.4 Å². The third kappa shape index (κ3) is 3.43. The van der Waals surface area contributed by atoms with Gasteiger partial charge in [-0.1, -0.05) is 0 Å². The summed E-state index contributed by atoms with van der Waals surface area (Å²) in [5, 5.41) is 9.38. The van der Waals surface area contributed by atoms with Gasteiger partial charge in [0, 0.05) is 6.04 Å². The van der Waals surface area contributed by atoms with Crippen LogP contribution in [-0.2, 0) is 10.0 Å². The summed E-state index contributed by atoms with van der Waals surface area (Å²) < 4.78 is 39.9. The Balaban J connectivity index is 2.16. The van der Waals surface area contributed by atoms with E-state index in [4.69, 9.17) is 5.73 Å². The van der Waals surface area contributed by atoms with Crippen LogP contribution in [0.15, 0.2) is 23.1 Å². The highest BCUT2D eigenvalue weighted by Gasteiger charge is 2.26. The zero-order valence-electron chi connectivity index (χ0n) is 10.3. The molecule has 0 saturated heterocycles. The molecule has 0 aromatic heterocycles. The van der Waals surface area contributed by atoms with Gasteiger partial charge in [0.25, 0.3) is 0 Å². The van der Waals surface area contributed by atoms with E-state index in [1.54, 1.807) is 0 Å². The van der Waals surface area contributed by atoms with Crippen molar-refractivity contribution in [2.75, 3.05) is 5.73 Å². The Labute approximate surface area is 111 Å². The lowest BCUT2D eigenvalue weighted by molar-refractivity contribution is 0.120. The zero-order chi connectivity index (χ0) is 14.0. The molecule has 0 radical (unpaired) electrons. The lowest BCUT2D eigenvalue weighted by atomic mass is 9.94. The number of halogens is 1. The number of anilines is 1. The SMILES string of the molecule is Nc1ccc(F)cc1S(=O)(=O)NC1CCC(O)CC1. The fraction of sp³-hybridized carbons (Fsp3) is 0.500. The first-order valence-corrected chi connectivity index (χ1v) is 7.62. The molecule has 0 heterocycles. The molecule has 1 aliphatic rings. The number of rotatable bonds is 3. The highest BCUT2D eigenvalue weighted by Crippen LogP contribution is 2.23. The van der Waals surface area contributed by atoms with E-state index in [2.05, 4.69) is 4.72 Å². The van der Waals surface area contributed by atoms with Gasteiger partial charge < -0.3 is 10.8 Å². The molecule has 2 rings (SSSR count). The van der Waals surface area contributed by atoms with Crippen LogP contribution in [0.25, 0.3) is 0 Å². The van der Waals surface area contributed by atoms with Crippen LogP contribution in [0, 0.1) is 5.82 Å². The Morgan fingerprint density at radius 3 is 2.53 bits per heavy atom. The lowest BCUT2D eigenvalue weighted by Gasteiger charge is -2.26. The molecule has 0 spiro atoms. The summed E-state index contributed by atoms with van der Waals surface area (Å²) in [5.41, 5.74) is 5.60. The minimum atomic E-state index is -3.83. The van der Waals surface area contributed by atoms with Crippen molar-refractivity contribution < 1.29 is 17.9 Å². The van der Waals surface area contributed by atoms with Crippen LogP contribution in [0.4, 0.5) is 10.1 Å². The van der Waals surface area contributed by atoms with Gasteiger partial charge >= 0.3 is 0 Å². The van der Waals surface area contributed by atoms with Crippen molar-refractivity contribution in [3.63, 3.8) is 0 Å². The van der Waals surface area contributed by atoms with Gasteiger partial charge in [-0.05, 0) is 43.9 Å². The Kier molecular flexibility index (Phi) is 4.07. The second-order valence-electron chi connectivity index (χ2n) is 4.81. The van der Waals surface area contributed by atoms with Gasteiger partial charge in [-0.3, -0.25) is 0 Å². The summed E-state index contributed by atoms with van der Waals surface area (Å²) in [6.45, 7) is 0. The van der Waals surface area contributed by atoms with Crippen molar-refractivity contribution in [1.29, 1.82) is 0 Å². The largest absolute Gasteiger partial charge is 0.398 e. The van der Waals surface area contributed by atoms with E-state index in [0.29, 0.717) is 25.7 Å². The van der Waals surface area contributed by atoms with Crippen LogP contribution in [0.3, 0.4) is 0 Å². The Morgan fingerprint density at radius 1 is 1.26 bits per heavy atom. The van der Waals surface area contributed by atoms with Crippen molar-refractivity contribution in [3.8, 4) is 0 Å². The van der Waals surface area contributed by atoms with Crippen LogP contribution in [0.5, 0.6) is 0 Å². The predicted molar refractivity (Wildman–Crippen MR) is 69.4 cm³/mol. The molecule has 19 heavy (non-hydrogen) atoms. The molecule has 1 fully saturated rings. The van der Waals surface area contributed by atoms with Crippen molar-refractivity contribution >= 4 is 15.7 Å². The van der Waals surface area contributed by atoms with Crippen LogP contribution >= 0.6 is 0 Å². The van der Waals surface area contributed by atoms with Gasteiger partial charge in [-0.2, -0.15) is 0 Å². The molecular weight excluding hydrogens is 271 g/mol. The number of nitrogen functional groups attached to an aromatic ring is 1. The molecule has 1 aliphatic carbocycles. The monoisotopic (exact) mass is 288 g/mol. The lowest BCUT2D eigenvalue weighted by Crippen LogP contribution is -2.38. The molecule has 5 nitrogen and oxygen atoms in total. The number of aliphatic hydroxyl groups excluding tert-OH is 1. The van der Waals surface area contributed by atoms with E-state index in [1.807, 2.05) is 0 Å². The maximum atomic E-state index is 13.1. The molecular formula is C12H17FN2O3S. The number of hydrogen-bond acceptors (Lipinski definition) is 4. The molecule has 1 aromatic rings. The maximum Gasteiger partial charge on any atom is 0.242 e. The molecule has 1 saturated carbocycles. The minimum Gasteiger partial charge on any atom is -0.398 e. The number of hydrogen-bond donors (Lipinski definition) is 3. The molecule has 7 heteroatoms. The first kappa shape index (κ1) is 14.2. The fourth-order valence-electron chi connectivity index (χ4n) is 2.22. The molecule has 0 bridgehead atoms. The number of nitrogens with one attached hydrogen (secondary N) is 1. The molecule has 0 aliphatic heterocycles.